The highest BCUT2D eigenvalue weighted by molar-refractivity contribution is 5.76. The van der Waals surface area contributed by atoms with E-state index in [1.807, 2.05) is 25.1 Å². The molecule has 0 saturated carbocycles. The first-order valence-corrected chi connectivity index (χ1v) is 7.66. The van der Waals surface area contributed by atoms with Crippen molar-refractivity contribution in [3.63, 3.8) is 0 Å². The molecule has 3 N–H and O–H groups in total. The normalized spacial score (nSPS) is 21.9. The summed E-state index contributed by atoms with van der Waals surface area (Å²) in [4.78, 5) is 29.5. The van der Waals surface area contributed by atoms with Crippen LogP contribution < -0.4 is 16.2 Å². The molecule has 1 aliphatic heterocycles. The molecule has 1 saturated heterocycles. The Morgan fingerprint density at radius 1 is 1.50 bits per heavy atom. The van der Waals surface area contributed by atoms with E-state index in [2.05, 4.69) is 4.98 Å². The fourth-order valence-corrected chi connectivity index (χ4v) is 3.26. The van der Waals surface area contributed by atoms with Crippen molar-refractivity contribution in [1.82, 2.24) is 9.38 Å². The minimum Gasteiger partial charge on any atom is -0.369 e. The van der Waals surface area contributed by atoms with E-state index in [4.69, 9.17) is 5.73 Å². The summed E-state index contributed by atoms with van der Waals surface area (Å²) in [5.41, 5.74) is 7.68. The number of nitrogens with zero attached hydrogens (tertiary/aromatic N) is 2. The van der Waals surface area contributed by atoms with Gasteiger partial charge in [-0.3, -0.25) is 14.0 Å². The summed E-state index contributed by atoms with van der Waals surface area (Å²) in [5, 5.41) is 0. The minimum atomic E-state index is -0.223. The molecule has 2 aromatic heterocycles. The van der Waals surface area contributed by atoms with Crippen LogP contribution in [0.5, 0.6) is 0 Å². The van der Waals surface area contributed by atoms with Gasteiger partial charge in [0.2, 0.25) is 5.91 Å². The third-order valence-corrected chi connectivity index (χ3v) is 4.38. The average molecular weight is 301 g/mol. The Morgan fingerprint density at radius 3 is 3.09 bits per heavy atom. The van der Waals surface area contributed by atoms with E-state index in [0.29, 0.717) is 12.2 Å². The van der Waals surface area contributed by atoms with Crippen LogP contribution >= 0.6 is 0 Å². The maximum Gasteiger partial charge on any atom is 0.258 e. The number of primary amides is 1. The molecule has 0 aromatic carbocycles. The lowest BCUT2D eigenvalue weighted by molar-refractivity contribution is -0.921. The van der Waals surface area contributed by atoms with Gasteiger partial charge in [-0.25, -0.2) is 4.98 Å². The lowest BCUT2D eigenvalue weighted by atomic mass is 9.97. The number of nitrogens with one attached hydrogen (secondary N) is 1. The molecule has 3 heterocycles. The number of aromatic nitrogens is 2. The second kappa shape index (κ2) is 5.88. The molecule has 2 atom stereocenters. The fourth-order valence-electron chi connectivity index (χ4n) is 3.26. The molecule has 6 nitrogen and oxygen atoms in total. The Morgan fingerprint density at radius 2 is 2.32 bits per heavy atom. The van der Waals surface area contributed by atoms with Crippen LogP contribution in [0.1, 0.15) is 24.2 Å². The van der Waals surface area contributed by atoms with E-state index in [1.54, 1.807) is 10.5 Å². The lowest BCUT2D eigenvalue weighted by Crippen LogP contribution is -3.12. The maximum absolute atomic E-state index is 12.3. The maximum atomic E-state index is 12.3. The molecule has 0 radical (unpaired) electrons. The number of rotatable bonds is 3. The number of nitrogens with two attached hydrogens (primary N) is 1. The smallest absolute Gasteiger partial charge is 0.258 e. The first kappa shape index (κ1) is 14.7. The van der Waals surface area contributed by atoms with Gasteiger partial charge >= 0.3 is 0 Å². The van der Waals surface area contributed by atoms with Crippen molar-refractivity contribution in [2.75, 3.05) is 13.1 Å². The average Bonchev–Trinajstić information content (AvgIpc) is 2.47. The van der Waals surface area contributed by atoms with E-state index in [1.165, 1.54) is 4.90 Å². The van der Waals surface area contributed by atoms with Crippen LogP contribution in [-0.2, 0) is 11.3 Å². The van der Waals surface area contributed by atoms with Crippen molar-refractivity contribution < 1.29 is 9.69 Å². The Bertz CT molecular complexity index is 768. The van der Waals surface area contributed by atoms with Crippen LogP contribution in [0.2, 0.25) is 0 Å². The summed E-state index contributed by atoms with van der Waals surface area (Å²) < 4.78 is 1.61. The number of hydrogen-bond acceptors (Lipinski definition) is 3. The van der Waals surface area contributed by atoms with Gasteiger partial charge in [0.05, 0.1) is 19.0 Å². The molecule has 116 valence electrons. The highest BCUT2D eigenvalue weighted by atomic mass is 16.1. The highest BCUT2D eigenvalue weighted by Crippen LogP contribution is 2.07. The standard InChI is InChI=1S/C16H20N4O2/c1-11-4-2-6-14-18-13(8-15(21)20(11)14)10-19-7-3-5-12(9-19)16(17)22/h2,4,6,8,12H,3,5,7,9-10H2,1H3,(H2,17,22)/p+1/t12-/m1/s1. The third-order valence-electron chi connectivity index (χ3n) is 4.38. The third kappa shape index (κ3) is 2.87. The fraction of sp³-hybridized carbons (Fsp3) is 0.438. The molecule has 2 aromatic rings. The van der Waals surface area contributed by atoms with E-state index < -0.39 is 0 Å². The van der Waals surface area contributed by atoms with Crippen molar-refractivity contribution in [2.24, 2.45) is 11.7 Å². The summed E-state index contributed by atoms with van der Waals surface area (Å²) >= 11 is 0. The molecule has 0 spiro atoms. The summed E-state index contributed by atoms with van der Waals surface area (Å²) in [5.74, 6) is -0.285. The van der Waals surface area contributed by atoms with Crippen LogP contribution in [-0.4, -0.2) is 28.4 Å². The van der Waals surface area contributed by atoms with Crippen molar-refractivity contribution in [3.8, 4) is 0 Å². The monoisotopic (exact) mass is 301 g/mol. The quantitative estimate of drug-likeness (QED) is 0.785. The Labute approximate surface area is 128 Å². The van der Waals surface area contributed by atoms with E-state index in [-0.39, 0.29) is 17.4 Å². The Balaban J connectivity index is 1.85. The minimum absolute atomic E-state index is 0.0547. The molecule has 3 rings (SSSR count). The molecule has 0 aliphatic carbocycles. The zero-order valence-electron chi connectivity index (χ0n) is 12.7. The van der Waals surface area contributed by atoms with Crippen LogP contribution in [0.25, 0.3) is 5.65 Å². The van der Waals surface area contributed by atoms with Crippen LogP contribution in [0, 0.1) is 12.8 Å². The largest absolute Gasteiger partial charge is 0.369 e. The van der Waals surface area contributed by atoms with Crippen molar-refractivity contribution in [1.29, 1.82) is 0 Å². The number of amides is 1. The number of piperidine rings is 1. The lowest BCUT2D eigenvalue weighted by Gasteiger charge is -2.27. The Kier molecular flexibility index (Phi) is 3.94. The van der Waals surface area contributed by atoms with Gasteiger partial charge in [0.15, 0.2) is 0 Å². The van der Waals surface area contributed by atoms with Gasteiger partial charge in [-0.05, 0) is 31.9 Å². The van der Waals surface area contributed by atoms with E-state index in [0.717, 1.165) is 37.3 Å². The van der Waals surface area contributed by atoms with Gasteiger partial charge in [0.1, 0.15) is 17.9 Å². The van der Waals surface area contributed by atoms with Crippen molar-refractivity contribution in [3.05, 3.63) is 46.0 Å². The van der Waals surface area contributed by atoms with Gasteiger partial charge < -0.3 is 10.6 Å². The van der Waals surface area contributed by atoms with Crippen LogP contribution in [0.4, 0.5) is 0 Å². The second-order valence-corrected chi connectivity index (χ2v) is 6.07. The van der Waals surface area contributed by atoms with Gasteiger partial charge in [-0.15, -0.1) is 0 Å². The number of pyridine rings is 1. The molecular weight excluding hydrogens is 280 g/mol. The van der Waals surface area contributed by atoms with E-state index >= 15 is 0 Å². The molecule has 0 bridgehead atoms. The molecule has 1 unspecified atom stereocenters. The van der Waals surface area contributed by atoms with Crippen molar-refractivity contribution >= 4 is 11.6 Å². The number of aryl methyl sites for hydroxylation is 1. The summed E-state index contributed by atoms with van der Waals surface area (Å²) in [6.07, 6.45) is 1.85. The zero-order valence-corrected chi connectivity index (χ0v) is 12.7. The number of quaternary nitrogens is 1. The molecule has 1 fully saturated rings. The van der Waals surface area contributed by atoms with Crippen molar-refractivity contribution in [2.45, 2.75) is 26.3 Å². The topological polar surface area (TPSA) is 81.9 Å². The highest BCUT2D eigenvalue weighted by Gasteiger charge is 2.27. The van der Waals surface area contributed by atoms with Gasteiger partial charge in [0.25, 0.3) is 5.56 Å². The van der Waals surface area contributed by atoms with Gasteiger partial charge in [0, 0.05) is 11.8 Å². The van der Waals surface area contributed by atoms with Gasteiger partial charge in [-0.2, -0.15) is 0 Å². The van der Waals surface area contributed by atoms with Crippen LogP contribution in [0.15, 0.2) is 29.1 Å². The predicted molar refractivity (Wildman–Crippen MR) is 82.5 cm³/mol. The SMILES string of the molecule is Cc1cccc2nc(C[NH+]3CCC[C@@H](C(N)=O)C3)cc(=O)n12. The number of hydrogen-bond donors (Lipinski definition) is 2. The second-order valence-electron chi connectivity index (χ2n) is 6.07. The summed E-state index contributed by atoms with van der Waals surface area (Å²) in [7, 11) is 0. The molecular formula is C16H21N4O2+. The first-order valence-electron chi connectivity index (χ1n) is 7.66. The van der Waals surface area contributed by atoms with Crippen LogP contribution in [0.3, 0.4) is 0 Å². The number of fused-ring (bicyclic) bond motifs is 1. The van der Waals surface area contributed by atoms with Gasteiger partial charge in [-0.1, -0.05) is 6.07 Å². The summed E-state index contributed by atoms with van der Waals surface area (Å²) in [6, 6.07) is 7.23. The molecule has 1 aliphatic rings. The first-order chi connectivity index (χ1) is 10.5. The number of carbonyl (C=O) groups is 1. The Hall–Kier alpha value is -2.21. The predicted octanol–water partition coefficient (Wildman–Crippen LogP) is -0.717. The number of likely N-dealkylation sites (tertiary alicyclic amines) is 1. The molecule has 6 heteroatoms. The molecule has 22 heavy (non-hydrogen) atoms. The zero-order chi connectivity index (χ0) is 15.7. The number of carbonyl (C=O) groups excluding carboxylic acids is 1. The molecule has 1 amide bonds. The van der Waals surface area contributed by atoms with E-state index in [9.17, 15) is 9.59 Å². The summed E-state index contributed by atoms with van der Waals surface area (Å²) in [6.45, 7) is 4.26.